The zero-order chi connectivity index (χ0) is 14.7. The van der Waals surface area contributed by atoms with Gasteiger partial charge < -0.3 is 9.80 Å². The third-order valence-electron chi connectivity index (χ3n) is 4.10. The van der Waals surface area contributed by atoms with Gasteiger partial charge >= 0.3 is 0 Å². The van der Waals surface area contributed by atoms with E-state index in [1.54, 1.807) is 0 Å². The fourth-order valence-electron chi connectivity index (χ4n) is 2.83. The van der Waals surface area contributed by atoms with Crippen molar-refractivity contribution < 1.29 is 0 Å². The van der Waals surface area contributed by atoms with Gasteiger partial charge in [-0.25, -0.2) is 0 Å². The largest absolute Gasteiger partial charge is 0.306 e. The van der Waals surface area contributed by atoms with Crippen molar-refractivity contribution in [2.24, 2.45) is 11.8 Å². The van der Waals surface area contributed by atoms with Crippen LogP contribution >= 0.6 is 0 Å². The second-order valence-electron chi connectivity index (χ2n) is 6.35. The van der Waals surface area contributed by atoms with Crippen LogP contribution in [0.1, 0.15) is 59.8 Å². The average molecular weight is 271 g/mol. The summed E-state index contributed by atoms with van der Waals surface area (Å²) in [7, 11) is 4.42. The van der Waals surface area contributed by atoms with Crippen molar-refractivity contribution in [1.82, 2.24) is 9.80 Å². The molecule has 0 bridgehead atoms. The van der Waals surface area contributed by atoms with Gasteiger partial charge in [-0.1, -0.05) is 27.7 Å². The molecule has 0 aromatic carbocycles. The molecule has 0 amide bonds. The van der Waals surface area contributed by atoms with Crippen LogP contribution < -0.4 is 0 Å². The highest BCUT2D eigenvalue weighted by Crippen LogP contribution is 2.14. The van der Waals surface area contributed by atoms with Gasteiger partial charge in [0.15, 0.2) is 0 Å². The molecule has 2 heteroatoms. The minimum absolute atomic E-state index is 0.939. The van der Waals surface area contributed by atoms with Crippen molar-refractivity contribution in [3.05, 3.63) is 0 Å². The van der Waals surface area contributed by atoms with Gasteiger partial charge in [0.05, 0.1) is 0 Å². The first-order valence-electron chi connectivity index (χ1n) is 8.45. The first-order valence-corrected chi connectivity index (χ1v) is 8.45. The Morgan fingerprint density at radius 1 is 0.684 bits per heavy atom. The van der Waals surface area contributed by atoms with Crippen molar-refractivity contribution in [1.29, 1.82) is 0 Å². The number of piperidine rings is 1. The van der Waals surface area contributed by atoms with Crippen molar-refractivity contribution in [3.8, 4) is 0 Å². The molecule has 0 aromatic heterocycles. The Labute approximate surface area is 122 Å². The van der Waals surface area contributed by atoms with Crippen LogP contribution in [0.4, 0.5) is 0 Å². The topological polar surface area (TPSA) is 6.48 Å². The quantitative estimate of drug-likeness (QED) is 0.653. The molecule has 2 saturated heterocycles. The second-order valence-corrected chi connectivity index (χ2v) is 6.35. The summed E-state index contributed by atoms with van der Waals surface area (Å²) in [5, 5.41) is 0. The molecule has 0 aliphatic carbocycles. The Bertz CT molecular complexity index is 176. The predicted molar refractivity (Wildman–Crippen MR) is 87.8 cm³/mol. The molecule has 2 aliphatic heterocycles. The maximum atomic E-state index is 2.43. The minimum Gasteiger partial charge on any atom is -0.306 e. The lowest BCUT2D eigenvalue weighted by Gasteiger charge is -2.26. The summed E-state index contributed by atoms with van der Waals surface area (Å²) >= 11 is 0. The third-order valence-corrected chi connectivity index (χ3v) is 4.10. The standard InChI is InChI=1S/C8H17N.C7H15N.C2H6/c1-8-4-3-6-9(2)7-5-8;1-7-4-3-5-8(2)6-7;1-2/h8H,3-7H2,1-2H3;7H,3-6H2,1-2H3;1-2H3/t;7-;/m.1./s1. The van der Waals surface area contributed by atoms with E-state index in [1.807, 2.05) is 13.8 Å². The van der Waals surface area contributed by atoms with E-state index in [-0.39, 0.29) is 0 Å². The van der Waals surface area contributed by atoms with Gasteiger partial charge in [0, 0.05) is 6.54 Å². The zero-order valence-electron chi connectivity index (χ0n) is 14.4. The van der Waals surface area contributed by atoms with Crippen LogP contribution in [0, 0.1) is 11.8 Å². The van der Waals surface area contributed by atoms with Gasteiger partial charge in [-0.3, -0.25) is 0 Å². The Morgan fingerprint density at radius 2 is 1.21 bits per heavy atom. The average Bonchev–Trinajstić information content (AvgIpc) is 2.57. The molecule has 0 N–H and O–H groups in total. The fourth-order valence-corrected chi connectivity index (χ4v) is 2.83. The van der Waals surface area contributed by atoms with Crippen LogP contribution in [-0.4, -0.2) is 50.1 Å². The van der Waals surface area contributed by atoms with E-state index in [0.29, 0.717) is 0 Å². The Balaban J connectivity index is 0.000000303. The summed E-state index contributed by atoms with van der Waals surface area (Å²) in [6, 6.07) is 0. The highest BCUT2D eigenvalue weighted by Gasteiger charge is 2.11. The van der Waals surface area contributed by atoms with Gasteiger partial charge in [-0.15, -0.1) is 0 Å². The SMILES string of the molecule is CC.CC1CCCN(C)CC1.C[C@@H]1CCCN(C)C1. The van der Waals surface area contributed by atoms with Gasteiger partial charge in [-0.2, -0.15) is 0 Å². The summed E-state index contributed by atoms with van der Waals surface area (Å²) < 4.78 is 0. The van der Waals surface area contributed by atoms with Crippen LogP contribution in [0.5, 0.6) is 0 Å². The number of hydrogen-bond donors (Lipinski definition) is 0. The molecule has 116 valence electrons. The van der Waals surface area contributed by atoms with Crippen molar-refractivity contribution in [2.45, 2.75) is 59.8 Å². The lowest BCUT2D eigenvalue weighted by Crippen LogP contribution is -2.30. The molecule has 2 fully saturated rings. The van der Waals surface area contributed by atoms with E-state index in [1.165, 1.54) is 58.3 Å². The Hall–Kier alpha value is -0.0800. The molecule has 0 saturated carbocycles. The number of rotatable bonds is 0. The predicted octanol–water partition coefficient (Wildman–Crippen LogP) is 4.11. The Kier molecular flexibility index (Phi) is 11.7. The van der Waals surface area contributed by atoms with E-state index in [4.69, 9.17) is 0 Å². The van der Waals surface area contributed by atoms with E-state index in [2.05, 4.69) is 37.7 Å². The van der Waals surface area contributed by atoms with Crippen molar-refractivity contribution >= 4 is 0 Å². The molecule has 2 rings (SSSR count). The van der Waals surface area contributed by atoms with Gasteiger partial charge in [0.1, 0.15) is 0 Å². The monoisotopic (exact) mass is 270 g/mol. The van der Waals surface area contributed by atoms with E-state index in [0.717, 1.165) is 11.8 Å². The first-order chi connectivity index (χ1) is 9.08. The molecular weight excluding hydrogens is 232 g/mol. The first kappa shape index (κ1) is 18.9. The van der Waals surface area contributed by atoms with Crippen LogP contribution in [0.15, 0.2) is 0 Å². The Morgan fingerprint density at radius 3 is 1.74 bits per heavy atom. The summed E-state index contributed by atoms with van der Waals surface area (Å²) in [6.07, 6.45) is 7.07. The maximum Gasteiger partial charge on any atom is 0.000398 e. The highest BCUT2D eigenvalue weighted by molar-refractivity contribution is 4.65. The lowest BCUT2D eigenvalue weighted by molar-refractivity contribution is 0.221. The molecule has 0 aromatic rings. The van der Waals surface area contributed by atoms with Gasteiger partial charge in [0.2, 0.25) is 0 Å². The zero-order valence-corrected chi connectivity index (χ0v) is 14.4. The normalized spacial score (nSPS) is 29.4. The molecule has 2 atom stereocenters. The molecule has 2 aliphatic rings. The lowest BCUT2D eigenvalue weighted by atomic mass is 10.0. The molecule has 2 nitrogen and oxygen atoms in total. The van der Waals surface area contributed by atoms with E-state index in [9.17, 15) is 0 Å². The van der Waals surface area contributed by atoms with Crippen molar-refractivity contribution in [2.75, 3.05) is 40.3 Å². The summed E-state index contributed by atoms with van der Waals surface area (Å²) in [6.45, 7) is 13.9. The van der Waals surface area contributed by atoms with Crippen LogP contribution in [0.3, 0.4) is 0 Å². The molecule has 19 heavy (non-hydrogen) atoms. The summed E-state index contributed by atoms with van der Waals surface area (Å²) in [5.41, 5.74) is 0. The molecule has 0 radical (unpaired) electrons. The molecular formula is C17H38N2. The van der Waals surface area contributed by atoms with Gasteiger partial charge in [-0.05, 0) is 77.7 Å². The highest BCUT2D eigenvalue weighted by atomic mass is 15.1. The molecule has 2 heterocycles. The van der Waals surface area contributed by atoms with Crippen molar-refractivity contribution in [3.63, 3.8) is 0 Å². The number of likely N-dealkylation sites (tertiary alicyclic amines) is 2. The van der Waals surface area contributed by atoms with E-state index >= 15 is 0 Å². The fraction of sp³-hybridized carbons (Fsp3) is 1.00. The summed E-state index contributed by atoms with van der Waals surface area (Å²) in [4.78, 5) is 4.84. The maximum absolute atomic E-state index is 2.43. The number of nitrogens with zero attached hydrogens (tertiary/aromatic N) is 2. The second kappa shape index (κ2) is 11.7. The smallest absolute Gasteiger partial charge is 0.000398 e. The van der Waals surface area contributed by atoms with Crippen LogP contribution in [0.2, 0.25) is 0 Å². The van der Waals surface area contributed by atoms with Crippen LogP contribution in [0.25, 0.3) is 0 Å². The minimum atomic E-state index is 0.939. The molecule has 1 unspecified atom stereocenters. The van der Waals surface area contributed by atoms with Gasteiger partial charge in [0.25, 0.3) is 0 Å². The number of hydrogen-bond acceptors (Lipinski definition) is 2. The molecule has 0 spiro atoms. The third kappa shape index (κ3) is 10.4. The van der Waals surface area contributed by atoms with Crippen LogP contribution in [-0.2, 0) is 0 Å². The summed E-state index contributed by atoms with van der Waals surface area (Å²) in [5.74, 6) is 1.91. The van der Waals surface area contributed by atoms with E-state index < -0.39 is 0 Å².